The fourth-order valence-electron chi connectivity index (χ4n) is 2.90. The van der Waals surface area contributed by atoms with Gasteiger partial charge in [-0.2, -0.15) is 0 Å². The zero-order valence-electron chi connectivity index (χ0n) is 14.4. The van der Waals surface area contributed by atoms with E-state index in [1.807, 2.05) is 20.8 Å². The lowest BCUT2D eigenvalue weighted by Gasteiger charge is -2.29. The fourth-order valence-corrected chi connectivity index (χ4v) is 4.05. The van der Waals surface area contributed by atoms with Gasteiger partial charge in [0.15, 0.2) is 5.13 Å². The van der Waals surface area contributed by atoms with E-state index in [0.29, 0.717) is 39.0 Å². The van der Waals surface area contributed by atoms with Gasteiger partial charge >= 0.3 is 6.09 Å². The van der Waals surface area contributed by atoms with Crippen molar-refractivity contribution in [3.05, 3.63) is 10.6 Å². The number of amides is 2. The lowest BCUT2D eigenvalue weighted by molar-refractivity contribution is -0.117. The minimum atomic E-state index is -0.505. The number of aromatic nitrogens is 1. The van der Waals surface area contributed by atoms with Crippen molar-refractivity contribution in [2.45, 2.75) is 45.8 Å². The van der Waals surface area contributed by atoms with Crippen LogP contribution in [-0.4, -0.2) is 47.1 Å². The van der Waals surface area contributed by atoms with Crippen LogP contribution in [-0.2, 0) is 22.5 Å². The summed E-state index contributed by atoms with van der Waals surface area (Å²) < 4.78 is 5.44. The van der Waals surface area contributed by atoms with E-state index >= 15 is 0 Å². The number of nitrogens with two attached hydrogens (primary N) is 1. The zero-order valence-corrected chi connectivity index (χ0v) is 15.2. The van der Waals surface area contributed by atoms with E-state index in [9.17, 15) is 9.59 Å². The first-order valence-corrected chi connectivity index (χ1v) is 9.05. The molecule has 3 rings (SSSR count). The minimum Gasteiger partial charge on any atom is -0.444 e. The minimum absolute atomic E-state index is 0.0838. The number of hydrogen-bond acceptors (Lipinski definition) is 6. The smallest absolute Gasteiger partial charge is 0.410 e. The van der Waals surface area contributed by atoms with Crippen molar-refractivity contribution in [1.29, 1.82) is 0 Å². The van der Waals surface area contributed by atoms with Crippen LogP contribution in [0.5, 0.6) is 0 Å². The largest absolute Gasteiger partial charge is 0.444 e. The quantitative estimate of drug-likeness (QED) is 0.876. The van der Waals surface area contributed by atoms with Crippen molar-refractivity contribution in [2.75, 3.05) is 24.5 Å². The molecule has 1 saturated heterocycles. The van der Waals surface area contributed by atoms with Crippen molar-refractivity contribution in [3.8, 4) is 0 Å². The maximum atomic E-state index is 12.2. The molecule has 1 atom stereocenters. The van der Waals surface area contributed by atoms with Crippen LogP contribution in [0.2, 0.25) is 0 Å². The summed E-state index contributed by atoms with van der Waals surface area (Å²) in [7, 11) is 0. The van der Waals surface area contributed by atoms with Crippen LogP contribution < -0.4 is 10.6 Å². The summed E-state index contributed by atoms with van der Waals surface area (Å²) in [6, 6.07) is 0. The van der Waals surface area contributed by atoms with Gasteiger partial charge in [-0.15, -0.1) is 0 Å². The third-order valence-corrected chi connectivity index (χ3v) is 5.25. The Morgan fingerprint density at radius 2 is 2.21 bits per heavy atom. The molecular formula is C16H24N4O3S. The number of fused-ring (bicyclic) bond motifs is 1. The van der Waals surface area contributed by atoms with Crippen molar-refractivity contribution in [1.82, 2.24) is 9.88 Å². The van der Waals surface area contributed by atoms with Crippen LogP contribution in [0, 0.1) is 5.92 Å². The Labute approximate surface area is 145 Å². The van der Waals surface area contributed by atoms with Gasteiger partial charge in [0.2, 0.25) is 5.91 Å². The molecule has 2 amide bonds. The summed E-state index contributed by atoms with van der Waals surface area (Å²) in [5.41, 5.74) is 6.16. The number of hydrogen-bond donors (Lipinski definition) is 1. The number of thiazole rings is 1. The highest BCUT2D eigenvalue weighted by atomic mass is 32.1. The maximum absolute atomic E-state index is 12.2. The first-order valence-electron chi connectivity index (χ1n) is 8.24. The number of carbonyl (C=O) groups is 2. The van der Waals surface area contributed by atoms with Crippen molar-refractivity contribution >= 4 is 28.5 Å². The summed E-state index contributed by atoms with van der Waals surface area (Å²) in [6.45, 7) is 7.81. The Morgan fingerprint density at radius 1 is 1.46 bits per heavy atom. The lowest BCUT2D eigenvalue weighted by Crippen LogP contribution is -2.39. The van der Waals surface area contributed by atoms with Gasteiger partial charge in [0, 0.05) is 30.8 Å². The molecule has 0 radical (unpaired) electrons. The van der Waals surface area contributed by atoms with Gasteiger partial charge in [0.1, 0.15) is 5.60 Å². The van der Waals surface area contributed by atoms with Crippen molar-refractivity contribution in [3.63, 3.8) is 0 Å². The molecule has 0 bridgehead atoms. The normalized spacial score (nSPS) is 21.2. The molecule has 7 nitrogen and oxygen atoms in total. The molecule has 2 aliphatic heterocycles. The molecule has 0 aromatic carbocycles. The highest BCUT2D eigenvalue weighted by Gasteiger charge is 2.34. The zero-order chi connectivity index (χ0) is 17.5. The molecule has 132 valence electrons. The summed E-state index contributed by atoms with van der Waals surface area (Å²) in [5, 5.41) is 0.729. The van der Waals surface area contributed by atoms with Gasteiger partial charge in [-0.1, -0.05) is 11.3 Å². The van der Waals surface area contributed by atoms with E-state index in [4.69, 9.17) is 10.5 Å². The first-order chi connectivity index (χ1) is 11.3. The Morgan fingerprint density at radius 3 is 2.83 bits per heavy atom. The monoisotopic (exact) mass is 352 g/mol. The molecule has 2 aliphatic rings. The third kappa shape index (κ3) is 3.54. The molecule has 1 aromatic rings. The molecule has 0 aliphatic carbocycles. The average Bonchev–Trinajstić information content (AvgIpc) is 3.07. The van der Waals surface area contributed by atoms with E-state index in [1.165, 1.54) is 11.3 Å². The molecule has 1 fully saturated rings. The Balaban J connectivity index is 1.71. The van der Waals surface area contributed by atoms with Gasteiger partial charge in [0.25, 0.3) is 0 Å². The topological polar surface area (TPSA) is 88.8 Å². The van der Waals surface area contributed by atoms with Gasteiger partial charge in [-0.3, -0.25) is 9.69 Å². The predicted molar refractivity (Wildman–Crippen MR) is 92.0 cm³/mol. The molecule has 1 unspecified atom stereocenters. The van der Waals surface area contributed by atoms with Gasteiger partial charge in [0.05, 0.1) is 12.2 Å². The summed E-state index contributed by atoms with van der Waals surface area (Å²) >= 11 is 1.49. The van der Waals surface area contributed by atoms with Crippen molar-refractivity contribution in [2.24, 2.45) is 11.7 Å². The number of nitrogens with zero attached hydrogens (tertiary/aromatic N) is 3. The number of anilines is 1. The second kappa shape index (κ2) is 6.33. The summed E-state index contributed by atoms with van der Waals surface area (Å²) in [4.78, 5) is 33.5. The molecule has 0 spiro atoms. The highest BCUT2D eigenvalue weighted by Crippen LogP contribution is 2.34. The van der Waals surface area contributed by atoms with Gasteiger partial charge < -0.3 is 15.4 Å². The van der Waals surface area contributed by atoms with E-state index in [2.05, 4.69) is 4.98 Å². The lowest BCUT2D eigenvalue weighted by atomic mass is 10.1. The van der Waals surface area contributed by atoms with Crippen molar-refractivity contribution < 1.29 is 14.3 Å². The third-order valence-electron chi connectivity index (χ3n) is 4.14. The molecule has 2 N–H and O–H groups in total. The fraction of sp³-hybridized carbons (Fsp3) is 0.688. The second-order valence-electron chi connectivity index (χ2n) is 7.33. The standard InChI is InChI=1S/C16H24N4O3S/c1-16(2,3)23-15(22)19-5-4-11-12(9-19)24-14(18-11)20-8-10(7-17)6-13(20)21/h10H,4-9,17H2,1-3H3. The number of carbonyl (C=O) groups excluding carboxylic acids is 2. The second-order valence-corrected chi connectivity index (χ2v) is 8.39. The van der Waals surface area contributed by atoms with Crippen LogP contribution in [0.3, 0.4) is 0 Å². The number of rotatable bonds is 2. The predicted octanol–water partition coefficient (Wildman–Crippen LogP) is 1.75. The van der Waals surface area contributed by atoms with Gasteiger partial charge in [-0.25, -0.2) is 9.78 Å². The molecular weight excluding hydrogens is 328 g/mol. The Bertz CT molecular complexity index is 652. The maximum Gasteiger partial charge on any atom is 0.410 e. The average molecular weight is 352 g/mol. The molecule has 1 aromatic heterocycles. The van der Waals surface area contributed by atoms with E-state index in [0.717, 1.165) is 15.7 Å². The summed E-state index contributed by atoms with van der Waals surface area (Å²) in [5.74, 6) is 0.289. The first kappa shape index (κ1) is 17.2. The van der Waals surface area contributed by atoms with Gasteiger partial charge in [-0.05, 0) is 33.2 Å². The van der Waals surface area contributed by atoms with Crippen LogP contribution in [0.1, 0.15) is 37.8 Å². The molecule has 8 heteroatoms. The molecule has 3 heterocycles. The van der Waals surface area contributed by atoms with E-state index in [-0.39, 0.29) is 17.9 Å². The Kier molecular flexibility index (Phi) is 4.52. The molecule has 0 saturated carbocycles. The van der Waals surface area contributed by atoms with E-state index in [1.54, 1.807) is 9.80 Å². The highest BCUT2D eigenvalue weighted by molar-refractivity contribution is 7.16. The SMILES string of the molecule is CC(C)(C)OC(=O)N1CCc2nc(N3CC(CN)CC3=O)sc2C1. The molecule has 24 heavy (non-hydrogen) atoms. The van der Waals surface area contributed by atoms with E-state index < -0.39 is 5.60 Å². The van der Waals surface area contributed by atoms with Crippen LogP contribution >= 0.6 is 11.3 Å². The summed E-state index contributed by atoms with van der Waals surface area (Å²) in [6.07, 6.45) is 0.877. The van der Waals surface area contributed by atoms with Crippen LogP contribution in [0.15, 0.2) is 0 Å². The Hall–Kier alpha value is -1.67. The number of ether oxygens (including phenoxy) is 1. The van der Waals surface area contributed by atoms with Crippen LogP contribution in [0.25, 0.3) is 0 Å². The van der Waals surface area contributed by atoms with Crippen LogP contribution in [0.4, 0.5) is 9.93 Å².